The molecule has 0 spiro atoms. The number of nitrogens with zero attached hydrogens (tertiary/aromatic N) is 4. The maximum absolute atomic E-state index is 12.1. The number of hydrogen-bond acceptors (Lipinski definition) is 4. The van der Waals surface area contributed by atoms with Crippen LogP contribution in [0, 0.1) is 0 Å². The Balaban J connectivity index is 0.00000192. The lowest BCUT2D eigenvalue weighted by Crippen LogP contribution is -2.56. The minimum absolute atomic E-state index is 0. The number of likely N-dealkylation sites (tertiary alicyclic amines) is 1. The Morgan fingerprint density at radius 1 is 1.39 bits per heavy atom. The van der Waals surface area contributed by atoms with Gasteiger partial charge in [-0.2, -0.15) is 5.10 Å². The zero-order valence-electron chi connectivity index (χ0n) is 14.1. The van der Waals surface area contributed by atoms with Crippen molar-refractivity contribution in [1.82, 2.24) is 24.9 Å². The van der Waals surface area contributed by atoms with Crippen molar-refractivity contribution in [2.24, 2.45) is 0 Å². The Kier molecular flexibility index (Phi) is 6.44. The molecule has 3 heterocycles. The molecule has 1 amide bonds. The van der Waals surface area contributed by atoms with Crippen LogP contribution in [0.1, 0.15) is 38.4 Å². The van der Waals surface area contributed by atoms with Gasteiger partial charge in [0.1, 0.15) is 0 Å². The van der Waals surface area contributed by atoms with Gasteiger partial charge in [0.2, 0.25) is 5.91 Å². The molecule has 0 aromatic carbocycles. The third-order valence-electron chi connectivity index (χ3n) is 4.67. The number of piperazine rings is 1. The lowest BCUT2D eigenvalue weighted by molar-refractivity contribution is -0.135. The van der Waals surface area contributed by atoms with E-state index in [1.165, 1.54) is 5.69 Å². The van der Waals surface area contributed by atoms with Crippen molar-refractivity contribution in [2.45, 2.75) is 45.3 Å². The largest absolute Gasteiger partial charge is 0.336 e. The first-order valence-electron chi connectivity index (χ1n) is 8.40. The zero-order valence-corrected chi connectivity index (χ0v) is 14.9. The summed E-state index contributed by atoms with van der Waals surface area (Å²) in [5, 5.41) is 7.57. The highest BCUT2D eigenvalue weighted by molar-refractivity contribution is 5.85. The van der Waals surface area contributed by atoms with Gasteiger partial charge >= 0.3 is 0 Å². The molecular weight excluding hydrogens is 314 g/mol. The first kappa shape index (κ1) is 18.2. The molecule has 6 nitrogen and oxygen atoms in total. The SMILES string of the molecule is CC(C)n1nccc1CN1CCCC(N2CCNCC2=O)C1.Cl. The van der Waals surface area contributed by atoms with Crippen LogP contribution in [0.4, 0.5) is 0 Å². The standard InChI is InChI=1S/C16H27N5O.ClH/c1-13(2)21-15(5-6-18-21)12-19-8-3-4-14(11-19)20-9-7-17-10-16(20)22;/h5-6,13-14,17H,3-4,7-12H2,1-2H3;1H. The fourth-order valence-electron chi connectivity index (χ4n) is 3.60. The van der Waals surface area contributed by atoms with Crippen molar-refractivity contribution in [3.8, 4) is 0 Å². The molecule has 2 aliphatic rings. The minimum Gasteiger partial charge on any atom is -0.336 e. The van der Waals surface area contributed by atoms with Crippen LogP contribution in [0.25, 0.3) is 0 Å². The smallest absolute Gasteiger partial charge is 0.236 e. The summed E-state index contributed by atoms with van der Waals surface area (Å²) in [6.45, 7) is 9.61. The van der Waals surface area contributed by atoms with Gasteiger partial charge in [-0.05, 0) is 39.3 Å². The summed E-state index contributed by atoms with van der Waals surface area (Å²) < 4.78 is 2.10. The highest BCUT2D eigenvalue weighted by Crippen LogP contribution is 2.19. The van der Waals surface area contributed by atoms with E-state index in [4.69, 9.17) is 0 Å². The molecule has 1 unspecified atom stereocenters. The highest BCUT2D eigenvalue weighted by Gasteiger charge is 2.30. The molecule has 2 aliphatic heterocycles. The number of halogens is 1. The normalized spacial score (nSPS) is 23.2. The Labute approximate surface area is 144 Å². The van der Waals surface area contributed by atoms with E-state index in [9.17, 15) is 4.79 Å². The van der Waals surface area contributed by atoms with Crippen molar-refractivity contribution in [2.75, 3.05) is 32.7 Å². The summed E-state index contributed by atoms with van der Waals surface area (Å²) in [7, 11) is 0. The molecule has 130 valence electrons. The summed E-state index contributed by atoms with van der Waals surface area (Å²) >= 11 is 0. The van der Waals surface area contributed by atoms with Crippen LogP contribution in [0.2, 0.25) is 0 Å². The third kappa shape index (κ3) is 4.25. The maximum atomic E-state index is 12.1. The van der Waals surface area contributed by atoms with Gasteiger partial charge in [0.25, 0.3) is 0 Å². The molecule has 2 fully saturated rings. The molecule has 0 saturated carbocycles. The van der Waals surface area contributed by atoms with Gasteiger partial charge in [0.15, 0.2) is 0 Å². The second kappa shape index (κ2) is 8.13. The summed E-state index contributed by atoms with van der Waals surface area (Å²) in [5.41, 5.74) is 1.27. The number of carbonyl (C=O) groups is 1. The first-order valence-corrected chi connectivity index (χ1v) is 8.40. The highest BCUT2D eigenvalue weighted by atomic mass is 35.5. The van der Waals surface area contributed by atoms with Crippen LogP contribution in [-0.2, 0) is 11.3 Å². The van der Waals surface area contributed by atoms with Gasteiger partial charge in [0, 0.05) is 44.5 Å². The van der Waals surface area contributed by atoms with E-state index in [2.05, 4.69) is 44.8 Å². The van der Waals surface area contributed by atoms with E-state index < -0.39 is 0 Å². The van der Waals surface area contributed by atoms with E-state index in [1.807, 2.05) is 6.20 Å². The van der Waals surface area contributed by atoms with Gasteiger partial charge in [0.05, 0.1) is 12.2 Å². The van der Waals surface area contributed by atoms with Crippen LogP contribution in [0.15, 0.2) is 12.3 Å². The summed E-state index contributed by atoms with van der Waals surface area (Å²) in [4.78, 5) is 16.6. The molecule has 3 rings (SSSR count). The molecule has 1 aromatic rings. The van der Waals surface area contributed by atoms with E-state index >= 15 is 0 Å². The molecule has 0 bridgehead atoms. The number of hydrogen-bond donors (Lipinski definition) is 1. The molecule has 1 N–H and O–H groups in total. The van der Waals surface area contributed by atoms with Crippen LogP contribution in [0.5, 0.6) is 0 Å². The van der Waals surface area contributed by atoms with Gasteiger partial charge in [-0.25, -0.2) is 0 Å². The topological polar surface area (TPSA) is 53.4 Å². The summed E-state index contributed by atoms with van der Waals surface area (Å²) in [5.74, 6) is 0.255. The predicted molar refractivity (Wildman–Crippen MR) is 92.7 cm³/mol. The average molecular weight is 342 g/mol. The number of carbonyl (C=O) groups excluding carboxylic acids is 1. The van der Waals surface area contributed by atoms with Gasteiger partial charge in [-0.1, -0.05) is 0 Å². The monoisotopic (exact) mass is 341 g/mol. The molecule has 7 heteroatoms. The number of piperidine rings is 1. The third-order valence-corrected chi connectivity index (χ3v) is 4.67. The Morgan fingerprint density at radius 2 is 2.22 bits per heavy atom. The van der Waals surface area contributed by atoms with E-state index in [0.717, 1.165) is 45.6 Å². The average Bonchev–Trinajstić information content (AvgIpc) is 2.96. The van der Waals surface area contributed by atoms with Crippen molar-refractivity contribution in [3.63, 3.8) is 0 Å². The van der Waals surface area contributed by atoms with E-state index in [-0.39, 0.29) is 18.3 Å². The fraction of sp³-hybridized carbons (Fsp3) is 0.750. The maximum Gasteiger partial charge on any atom is 0.236 e. The quantitative estimate of drug-likeness (QED) is 0.896. The number of nitrogens with one attached hydrogen (secondary N) is 1. The van der Waals surface area contributed by atoms with Crippen LogP contribution in [0.3, 0.4) is 0 Å². The van der Waals surface area contributed by atoms with E-state index in [1.54, 1.807) is 0 Å². The second-order valence-electron chi connectivity index (χ2n) is 6.66. The fourth-order valence-corrected chi connectivity index (χ4v) is 3.60. The van der Waals surface area contributed by atoms with Gasteiger partial charge in [-0.3, -0.25) is 14.4 Å². The lowest BCUT2D eigenvalue weighted by atomic mass is 10.0. The Bertz CT molecular complexity index is 518. The summed E-state index contributed by atoms with van der Waals surface area (Å²) in [6, 6.07) is 2.87. The van der Waals surface area contributed by atoms with Crippen molar-refractivity contribution >= 4 is 18.3 Å². The van der Waals surface area contributed by atoms with Crippen molar-refractivity contribution in [3.05, 3.63) is 18.0 Å². The van der Waals surface area contributed by atoms with Crippen LogP contribution >= 0.6 is 12.4 Å². The first-order chi connectivity index (χ1) is 10.6. The number of amides is 1. The lowest BCUT2D eigenvalue weighted by Gasteiger charge is -2.41. The molecule has 1 atom stereocenters. The number of aromatic nitrogens is 2. The van der Waals surface area contributed by atoms with Gasteiger partial charge in [-0.15, -0.1) is 12.4 Å². The van der Waals surface area contributed by atoms with Gasteiger partial charge < -0.3 is 10.2 Å². The van der Waals surface area contributed by atoms with Crippen molar-refractivity contribution in [1.29, 1.82) is 0 Å². The molecular formula is C16H28ClN5O. The molecule has 2 saturated heterocycles. The van der Waals surface area contributed by atoms with Crippen molar-refractivity contribution < 1.29 is 4.79 Å². The molecule has 0 radical (unpaired) electrons. The minimum atomic E-state index is 0. The second-order valence-corrected chi connectivity index (χ2v) is 6.66. The van der Waals surface area contributed by atoms with E-state index in [0.29, 0.717) is 18.6 Å². The number of rotatable bonds is 4. The molecule has 0 aliphatic carbocycles. The Morgan fingerprint density at radius 3 is 2.96 bits per heavy atom. The Hall–Kier alpha value is -1.11. The molecule has 1 aromatic heterocycles. The van der Waals surface area contributed by atoms with Crippen LogP contribution in [-0.4, -0.2) is 64.3 Å². The zero-order chi connectivity index (χ0) is 15.5. The predicted octanol–water partition coefficient (Wildman–Crippen LogP) is 1.28. The van der Waals surface area contributed by atoms with Crippen LogP contribution < -0.4 is 5.32 Å². The molecule has 23 heavy (non-hydrogen) atoms. The summed E-state index contributed by atoms with van der Waals surface area (Å²) in [6.07, 6.45) is 4.18.